The van der Waals surface area contributed by atoms with E-state index in [0.717, 1.165) is 27.8 Å². The van der Waals surface area contributed by atoms with Crippen LogP contribution in [0.15, 0.2) is 78.9 Å². The first-order valence-corrected chi connectivity index (χ1v) is 14.4. The van der Waals surface area contributed by atoms with E-state index in [-0.39, 0.29) is 51.8 Å². The summed E-state index contributed by atoms with van der Waals surface area (Å²) in [6.45, 7) is 2.55. The van der Waals surface area contributed by atoms with Crippen molar-refractivity contribution >= 4 is 18.2 Å². The second-order valence-corrected chi connectivity index (χ2v) is 11.0. The van der Waals surface area contributed by atoms with Gasteiger partial charge in [-0.05, 0) is 34.7 Å². The summed E-state index contributed by atoms with van der Waals surface area (Å²) in [6, 6.07) is 24.7. The number of amides is 2. The maximum absolute atomic E-state index is 13.6. The minimum absolute atomic E-state index is 0.0629. The van der Waals surface area contributed by atoms with Gasteiger partial charge in [-0.25, -0.2) is 14.4 Å². The molecule has 0 aromatic heterocycles. The summed E-state index contributed by atoms with van der Waals surface area (Å²) in [6.07, 6.45) is -0.945. The molecule has 9 nitrogen and oxygen atoms in total. The van der Waals surface area contributed by atoms with Gasteiger partial charge in [0.05, 0.1) is 31.9 Å². The van der Waals surface area contributed by atoms with Gasteiger partial charge in [-0.2, -0.15) is 0 Å². The van der Waals surface area contributed by atoms with Crippen molar-refractivity contribution in [1.29, 1.82) is 0 Å². The Morgan fingerprint density at radius 2 is 1.43 bits per heavy atom. The highest BCUT2D eigenvalue weighted by molar-refractivity contribution is 5.87. The Kier molecular flexibility index (Phi) is 7.84. The quantitative estimate of drug-likeness (QED) is 0.314. The van der Waals surface area contributed by atoms with Crippen LogP contribution in [0.4, 0.5) is 9.59 Å². The van der Waals surface area contributed by atoms with E-state index in [1.165, 1.54) is 0 Å². The fraction of sp³-hybridized carbons (Fsp3) is 0.364. The number of esters is 1. The number of carbonyl (C=O) groups is 3. The van der Waals surface area contributed by atoms with Gasteiger partial charge in [0, 0.05) is 18.8 Å². The first kappa shape index (κ1) is 27.8. The molecule has 3 aliphatic rings. The number of rotatable bonds is 7. The van der Waals surface area contributed by atoms with E-state index in [2.05, 4.69) is 29.6 Å². The van der Waals surface area contributed by atoms with Crippen LogP contribution in [-0.2, 0) is 30.3 Å². The molecular formula is C33H34N2O7. The number of fused-ring (bicyclic) bond motifs is 5. The Bertz CT molecular complexity index is 1400. The van der Waals surface area contributed by atoms with Gasteiger partial charge in [0.25, 0.3) is 0 Å². The summed E-state index contributed by atoms with van der Waals surface area (Å²) in [4.78, 5) is 41.5. The fourth-order valence-corrected chi connectivity index (χ4v) is 6.51. The summed E-state index contributed by atoms with van der Waals surface area (Å²) in [5.74, 6) is -0.618. The summed E-state index contributed by atoms with van der Waals surface area (Å²) in [5, 5.41) is 2.80. The predicted octanol–water partition coefficient (Wildman–Crippen LogP) is 5.03. The topological polar surface area (TPSA) is 103 Å². The molecule has 6 rings (SSSR count). The smallest absolute Gasteiger partial charge is 0.410 e. The van der Waals surface area contributed by atoms with Crippen molar-refractivity contribution in [3.05, 3.63) is 95.6 Å². The summed E-state index contributed by atoms with van der Waals surface area (Å²) in [5.41, 5.74) is 4.04. The van der Waals surface area contributed by atoms with Crippen LogP contribution in [0.25, 0.3) is 11.1 Å². The standard InChI is InChI=1S/C33H34N2O7/c1-2-40-30(36)33(34-31(37)41-18-22-10-4-3-5-11-22)16-23-19-39-20-24(17-33)35(23)32(38)42-21-29-27-14-8-6-12-25(27)26-13-7-9-15-28(26)29/h3-15,23-24,29H,2,16-21H2,1H3,(H,34,37). The molecule has 2 amide bonds. The molecule has 2 heterocycles. The van der Waals surface area contributed by atoms with Gasteiger partial charge in [0.2, 0.25) is 0 Å². The van der Waals surface area contributed by atoms with Gasteiger partial charge < -0.3 is 24.3 Å². The molecule has 1 aliphatic carbocycles. The van der Waals surface area contributed by atoms with Crippen LogP contribution in [0.1, 0.15) is 42.4 Å². The molecule has 2 fully saturated rings. The number of nitrogens with zero attached hydrogens (tertiary/aromatic N) is 1. The van der Waals surface area contributed by atoms with Crippen LogP contribution in [0.2, 0.25) is 0 Å². The summed E-state index contributed by atoms with van der Waals surface area (Å²) >= 11 is 0. The maximum atomic E-state index is 13.6. The largest absolute Gasteiger partial charge is 0.464 e. The molecule has 2 aliphatic heterocycles. The zero-order valence-electron chi connectivity index (χ0n) is 23.5. The molecule has 9 heteroatoms. The van der Waals surface area contributed by atoms with Crippen LogP contribution in [0.5, 0.6) is 0 Å². The number of hydrogen-bond acceptors (Lipinski definition) is 7. The Labute approximate surface area is 244 Å². The first-order valence-electron chi connectivity index (χ1n) is 14.4. The molecule has 42 heavy (non-hydrogen) atoms. The van der Waals surface area contributed by atoms with Gasteiger partial charge in [-0.3, -0.25) is 4.90 Å². The molecule has 3 aromatic carbocycles. The summed E-state index contributed by atoms with van der Waals surface area (Å²) < 4.78 is 22.6. The molecule has 0 spiro atoms. The van der Waals surface area contributed by atoms with Crippen LogP contribution in [-0.4, -0.2) is 67.1 Å². The third kappa shape index (κ3) is 5.32. The lowest BCUT2D eigenvalue weighted by atomic mass is 9.78. The van der Waals surface area contributed by atoms with E-state index < -0.39 is 35.8 Å². The zero-order chi connectivity index (χ0) is 29.1. The predicted molar refractivity (Wildman–Crippen MR) is 154 cm³/mol. The van der Waals surface area contributed by atoms with E-state index in [9.17, 15) is 14.4 Å². The minimum Gasteiger partial charge on any atom is -0.464 e. The first-order chi connectivity index (χ1) is 20.5. The Morgan fingerprint density at radius 1 is 0.833 bits per heavy atom. The molecule has 3 aromatic rings. The van der Waals surface area contributed by atoms with Gasteiger partial charge >= 0.3 is 18.2 Å². The van der Waals surface area contributed by atoms with Crippen LogP contribution >= 0.6 is 0 Å². The lowest BCUT2D eigenvalue weighted by Crippen LogP contribution is -2.70. The Hall–Kier alpha value is -4.37. The van der Waals surface area contributed by atoms with E-state index >= 15 is 0 Å². The zero-order valence-corrected chi connectivity index (χ0v) is 23.5. The average Bonchev–Trinajstić information content (AvgIpc) is 3.32. The Balaban J connectivity index is 1.16. The number of alkyl carbamates (subject to hydrolysis) is 1. The van der Waals surface area contributed by atoms with E-state index in [1.807, 2.05) is 54.6 Å². The molecular weight excluding hydrogens is 536 g/mol. The van der Waals surface area contributed by atoms with Gasteiger partial charge in [-0.1, -0.05) is 78.9 Å². The van der Waals surface area contributed by atoms with Crippen molar-refractivity contribution in [2.45, 2.75) is 49.9 Å². The van der Waals surface area contributed by atoms with Gasteiger partial charge in [0.1, 0.15) is 18.8 Å². The fourth-order valence-electron chi connectivity index (χ4n) is 6.51. The molecule has 2 unspecified atom stereocenters. The highest BCUT2D eigenvalue weighted by atomic mass is 16.6. The lowest BCUT2D eigenvalue weighted by molar-refractivity contribution is -0.160. The molecule has 1 N–H and O–H groups in total. The number of hydrogen-bond donors (Lipinski definition) is 1. The maximum Gasteiger partial charge on any atom is 0.410 e. The molecule has 2 saturated heterocycles. The number of ether oxygens (including phenoxy) is 4. The number of morpholine rings is 1. The highest BCUT2D eigenvalue weighted by Crippen LogP contribution is 2.45. The lowest BCUT2D eigenvalue weighted by Gasteiger charge is -2.51. The molecule has 2 bridgehead atoms. The van der Waals surface area contributed by atoms with E-state index in [4.69, 9.17) is 18.9 Å². The van der Waals surface area contributed by atoms with E-state index in [0.29, 0.717) is 0 Å². The molecule has 218 valence electrons. The number of carbonyl (C=O) groups excluding carboxylic acids is 3. The van der Waals surface area contributed by atoms with E-state index in [1.54, 1.807) is 11.8 Å². The molecule has 2 atom stereocenters. The van der Waals surface area contributed by atoms with Gasteiger partial charge in [-0.15, -0.1) is 0 Å². The van der Waals surface area contributed by atoms with Crippen LogP contribution in [0.3, 0.4) is 0 Å². The normalized spacial score (nSPS) is 22.5. The van der Waals surface area contributed by atoms with Crippen LogP contribution < -0.4 is 5.32 Å². The third-order valence-electron chi connectivity index (χ3n) is 8.34. The molecule has 0 saturated carbocycles. The summed E-state index contributed by atoms with van der Waals surface area (Å²) in [7, 11) is 0. The number of benzene rings is 3. The van der Waals surface area contributed by atoms with Gasteiger partial charge in [0.15, 0.2) is 0 Å². The van der Waals surface area contributed by atoms with Crippen molar-refractivity contribution in [3.8, 4) is 11.1 Å². The van der Waals surface area contributed by atoms with Crippen molar-refractivity contribution in [2.75, 3.05) is 26.4 Å². The second-order valence-electron chi connectivity index (χ2n) is 11.0. The monoisotopic (exact) mass is 570 g/mol. The average molecular weight is 571 g/mol. The van der Waals surface area contributed by atoms with Crippen LogP contribution in [0, 0.1) is 0 Å². The Morgan fingerprint density at radius 3 is 2.05 bits per heavy atom. The van der Waals surface area contributed by atoms with Crippen molar-refractivity contribution in [3.63, 3.8) is 0 Å². The number of nitrogens with one attached hydrogen (secondary N) is 1. The minimum atomic E-state index is -1.36. The second kappa shape index (κ2) is 11.9. The SMILES string of the molecule is CCOC(=O)C1(NC(=O)OCc2ccccc2)CC2COCC(C1)N2C(=O)OCC1c2ccccc2-c2ccccc21. The third-order valence-corrected chi connectivity index (χ3v) is 8.34. The highest BCUT2D eigenvalue weighted by Gasteiger charge is 2.55. The molecule has 0 radical (unpaired) electrons. The van der Waals surface area contributed by atoms with Crippen molar-refractivity contribution < 1.29 is 33.3 Å². The number of piperidine rings is 1. The van der Waals surface area contributed by atoms with Crippen molar-refractivity contribution in [2.24, 2.45) is 0 Å². The van der Waals surface area contributed by atoms with Crippen molar-refractivity contribution in [1.82, 2.24) is 10.2 Å².